The molecule has 12 nitrogen and oxygen atoms in total. The molecule has 0 radical (unpaired) electrons. The van der Waals surface area contributed by atoms with Gasteiger partial charge in [-0.2, -0.15) is 4.33 Å². The van der Waals surface area contributed by atoms with Crippen molar-refractivity contribution in [3.05, 3.63) is 143 Å². The standard InChI is InChI=1S/C18H11NO8S2.C18H11NO2.2Na/c20-17-12-5-4-11(29(23,24)25)8-13(12)18(21)16(17)14-6-2-9-1-3-10(28-27-26-22)7-15(9)19-14;20-17-12-6-2-3-7-13(12)18(21)16(17)15-10-9-11-5-1-4-8-14(11)19-15;;/h1-8,16,22H,(H,23,24,25);1-10,16H;;/q;;2*+1/p-2. The van der Waals surface area contributed by atoms with Crippen molar-refractivity contribution in [3.63, 3.8) is 0 Å². The first-order valence-electron chi connectivity index (χ1n) is 14.8. The number of benzene rings is 4. The van der Waals surface area contributed by atoms with Gasteiger partial charge in [0.15, 0.2) is 23.1 Å². The van der Waals surface area contributed by atoms with E-state index >= 15 is 0 Å². The number of hydrogen-bond donors (Lipinski definition) is 0. The van der Waals surface area contributed by atoms with Gasteiger partial charge in [0.1, 0.15) is 22.0 Å². The van der Waals surface area contributed by atoms with Crippen LogP contribution in [0, 0.1) is 0 Å². The van der Waals surface area contributed by atoms with Gasteiger partial charge in [-0.05, 0) is 48.5 Å². The number of rotatable bonds is 6. The summed E-state index contributed by atoms with van der Waals surface area (Å²) in [5.74, 6) is -3.50. The number of para-hydroxylation sites is 1. The van der Waals surface area contributed by atoms with Crippen LogP contribution in [0.5, 0.6) is 0 Å². The normalized spacial score (nSPS) is 15.1. The zero-order chi connectivity index (χ0) is 35.2. The minimum atomic E-state index is -4.76. The van der Waals surface area contributed by atoms with Crippen molar-refractivity contribution in [2.45, 2.75) is 21.6 Å². The maximum atomic E-state index is 12.8. The van der Waals surface area contributed by atoms with Crippen molar-refractivity contribution in [1.82, 2.24) is 9.97 Å². The van der Waals surface area contributed by atoms with Gasteiger partial charge in [-0.25, -0.2) is 8.42 Å². The Morgan fingerprint density at radius 3 is 1.67 bits per heavy atom. The van der Waals surface area contributed by atoms with Crippen molar-refractivity contribution in [3.8, 4) is 0 Å². The maximum Gasteiger partial charge on any atom is 1.00 e. The van der Waals surface area contributed by atoms with E-state index in [-0.39, 0.29) is 87.5 Å². The van der Waals surface area contributed by atoms with Gasteiger partial charge >= 0.3 is 59.1 Å². The van der Waals surface area contributed by atoms with E-state index in [0.29, 0.717) is 39.3 Å². The summed E-state index contributed by atoms with van der Waals surface area (Å²) < 4.78 is 37.9. The van der Waals surface area contributed by atoms with Crippen molar-refractivity contribution in [2.24, 2.45) is 0 Å². The largest absolute Gasteiger partial charge is 1.00 e. The summed E-state index contributed by atoms with van der Waals surface area (Å²) in [6.45, 7) is 0. The Labute approximate surface area is 344 Å². The maximum absolute atomic E-state index is 12.8. The van der Waals surface area contributed by atoms with Crippen molar-refractivity contribution >= 4 is 67.1 Å². The summed E-state index contributed by atoms with van der Waals surface area (Å²) in [6.07, 6.45) is 0. The van der Waals surface area contributed by atoms with Crippen LogP contribution in [0.15, 0.2) is 119 Å². The fourth-order valence-corrected chi connectivity index (χ4v) is 6.92. The van der Waals surface area contributed by atoms with E-state index in [1.54, 1.807) is 54.6 Å². The predicted octanol–water partition coefficient (Wildman–Crippen LogP) is -1.06. The molecule has 2 heterocycles. The average molecular weight is 751 g/mol. The third kappa shape index (κ3) is 7.61. The number of Topliss-reactive ketones (excluding diaryl/α,β-unsaturated/α-hetero) is 4. The minimum Gasteiger partial charge on any atom is -0.744 e. The van der Waals surface area contributed by atoms with E-state index in [1.165, 1.54) is 6.07 Å². The Morgan fingerprint density at radius 2 is 1.08 bits per heavy atom. The molecule has 2 aromatic heterocycles. The molecule has 0 N–H and O–H groups in total. The van der Waals surface area contributed by atoms with E-state index < -0.39 is 38.4 Å². The van der Waals surface area contributed by atoms with Crippen LogP contribution < -0.4 is 64.4 Å². The molecule has 0 fully saturated rings. The number of carbonyl (C=O) groups excluding carboxylic acids is 4. The number of carbonyl (C=O) groups is 4. The van der Waals surface area contributed by atoms with Gasteiger partial charge in [-0.3, -0.25) is 34.2 Å². The predicted molar refractivity (Wildman–Crippen MR) is 175 cm³/mol. The molecule has 1 unspecified atom stereocenters. The van der Waals surface area contributed by atoms with Crippen molar-refractivity contribution in [1.29, 1.82) is 0 Å². The van der Waals surface area contributed by atoms with Crippen LogP contribution in [0.25, 0.3) is 21.8 Å². The molecule has 8 rings (SSSR count). The summed E-state index contributed by atoms with van der Waals surface area (Å²) in [5.41, 5.74) is 2.87. The van der Waals surface area contributed by atoms with Crippen LogP contribution in [-0.2, 0) is 19.5 Å². The van der Waals surface area contributed by atoms with Crippen molar-refractivity contribution < 1.29 is 106 Å². The summed E-state index contributed by atoms with van der Waals surface area (Å²) in [5, 5.41) is 15.0. The molecule has 0 saturated heterocycles. The quantitative estimate of drug-likeness (QED) is 0.0500. The van der Waals surface area contributed by atoms with E-state index in [1.807, 2.05) is 30.3 Å². The third-order valence-corrected chi connectivity index (χ3v) is 9.77. The second-order valence-electron chi connectivity index (χ2n) is 11.3. The first-order chi connectivity index (χ1) is 24.0. The van der Waals surface area contributed by atoms with Gasteiger partial charge in [-0.1, -0.05) is 60.7 Å². The summed E-state index contributed by atoms with van der Waals surface area (Å²) >= 11 is 0.673. The number of aromatic nitrogens is 2. The number of nitrogens with zero attached hydrogens (tertiary/aromatic N) is 2. The molecular formula is C36H20N2Na2O10S2. The smallest absolute Gasteiger partial charge is 0.744 e. The SMILES string of the molecule is O=C1c2ccc(S(=O)(=O)[O-])cc2C(=O)C1c1ccc2ccc(SOO[O-])cc2n1.O=C1c2ccccc2C(=O)C1c1ccc2ccccc2n1.[Na+].[Na+]. The molecule has 2 aliphatic carbocycles. The number of pyridine rings is 2. The van der Waals surface area contributed by atoms with Gasteiger partial charge in [0.25, 0.3) is 0 Å². The number of ketones is 4. The van der Waals surface area contributed by atoms with E-state index in [2.05, 4.69) is 19.3 Å². The molecule has 52 heavy (non-hydrogen) atoms. The Morgan fingerprint density at radius 1 is 0.577 bits per heavy atom. The molecular weight excluding hydrogens is 731 g/mol. The monoisotopic (exact) mass is 750 g/mol. The summed E-state index contributed by atoms with van der Waals surface area (Å²) in [4.78, 5) is 59.3. The average Bonchev–Trinajstić information content (AvgIpc) is 3.53. The molecule has 248 valence electrons. The van der Waals surface area contributed by atoms with E-state index in [0.717, 1.165) is 34.5 Å². The molecule has 2 aliphatic rings. The van der Waals surface area contributed by atoms with Gasteiger partial charge in [0, 0.05) is 37.9 Å². The molecule has 0 bridgehead atoms. The summed E-state index contributed by atoms with van der Waals surface area (Å²) in [6, 6.07) is 29.6. The van der Waals surface area contributed by atoms with Gasteiger partial charge in [0.05, 0.1) is 39.4 Å². The van der Waals surface area contributed by atoms with Crippen LogP contribution in [0.2, 0.25) is 0 Å². The Hall–Kier alpha value is -3.48. The van der Waals surface area contributed by atoms with E-state index in [4.69, 9.17) is 0 Å². The van der Waals surface area contributed by atoms with Crippen molar-refractivity contribution in [2.75, 3.05) is 0 Å². The minimum absolute atomic E-state index is 0. The molecule has 6 aromatic rings. The number of hydrogen-bond acceptors (Lipinski definition) is 13. The van der Waals surface area contributed by atoms with E-state index in [9.17, 15) is 37.4 Å². The second-order valence-corrected chi connectivity index (χ2v) is 13.4. The summed E-state index contributed by atoms with van der Waals surface area (Å²) in [7, 11) is -4.76. The third-order valence-electron chi connectivity index (χ3n) is 8.37. The molecule has 0 saturated carbocycles. The second kappa shape index (κ2) is 16.3. The van der Waals surface area contributed by atoms with Gasteiger partial charge < -0.3 is 9.81 Å². The number of fused-ring (bicyclic) bond motifs is 4. The first-order valence-corrected chi connectivity index (χ1v) is 17.0. The Balaban J connectivity index is 0.000000202. The van der Waals surface area contributed by atoms with Crippen LogP contribution in [-0.4, -0.2) is 46.1 Å². The molecule has 0 amide bonds. The van der Waals surface area contributed by atoms with Crippen LogP contribution >= 0.6 is 12.0 Å². The molecule has 16 heteroatoms. The van der Waals surface area contributed by atoms with Gasteiger partial charge in [-0.15, -0.1) is 0 Å². The Kier molecular flexibility index (Phi) is 12.4. The molecule has 0 spiro atoms. The fraction of sp³-hybridized carbons (Fsp3) is 0.0556. The van der Waals surface area contributed by atoms with Crippen LogP contribution in [0.3, 0.4) is 0 Å². The molecule has 0 aliphatic heterocycles. The first kappa shape index (κ1) is 39.7. The van der Waals surface area contributed by atoms with Crippen LogP contribution in [0.1, 0.15) is 64.7 Å². The van der Waals surface area contributed by atoms with Crippen LogP contribution in [0.4, 0.5) is 0 Å². The zero-order valence-corrected chi connectivity index (χ0v) is 33.0. The Bertz CT molecular complexity index is 2500. The fourth-order valence-electron chi connectivity index (χ4n) is 6.03. The molecule has 4 aromatic carbocycles. The van der Waals surface area contributed by atoms with Gasteiger partial charge in [0.2, 0.25) is 0 Å². The topological polar surface area (TPSA) is 193 Å². The molecule has 1 atom stereocenters. The zero-order valence-electron chi connectivity index (χ0n) is 27.3.